The maximum Gasteiger partial charge on any atom is 0.433 e. The highest BCUT2D eigenvalue weighted by atomic mass is 35.5. The van der Waals surface area contributed by atoms with Gasteiger partial charge in [-0.2, -0.15) is 36.4 Å². The van der Waals surface area contributed by atoms with Crippen molar-refractivity contribution in [1.82, 2.24) is 20.0 Å². The molecule has 19 heteroatoms. The molecule has 2 aromatic carbocycles. The minimum atomic E-state index is -4.89. The maximum atomic E-state index is 14.7. The van der Waals surface area contributed by atoms with Crippen LogP contribution >= 0.6 is 23.2 Å². The van der Waals surface area contributed by atoms with E-state index in [-0.39, 0.29) is 34.2 Å². The second kappa shape index (κ2) is 13.3. The Hall–Kier alpha value is -5.42. The molecule has 0 radical (unpaired) electrons. The first kappa shape index (κ1) is 38.5. The molecule has 0 bridgehead atoms. The number of phenolic OH excluding ortho intramolecular Hbond substituents is 1. The number of alkyl halides is 6. The molecule has 57 heavy (non-hydrogen) atoms. The number of nitrogens with zero attached hydrogens (tertiary/aromatic N) is 6. The van der Waals surface area contributed by atoms with Crippen LogP contribution in [0.3, 0.4) is 0 Å². The smallest absolute Gasteiger partial charge is 0.433 e. The van der Waals surface area contributed by atoms with E-state index >= 15 is 0 Å². The molecule has 8 rings (SSSR count). The molecule has 1 N–H and O–H groups in total. The average molecular weight is 834 g/mol. The topological polar surface area (TPSA) is 127 Å². The van der Waals surface area contributed by atoms with Crippen molar-refractivity contribution in [3.05, 3.63) is 99.3 Å². The largest absolute Gasteiger partial charge is 0.508 e. The minimum absolute atomic E-state index is 0.0515. The number of pyridine rings is 2. The average Bonchev–Trinajstić information content (AvgIpc) is 3.56. The zero-order valence-electron chi connectivity index (χ0n) is 29.5. The first-order chi connectivity index (χ1) is 26.8. The number of anilines is 2. The third-order valence-corrected chi connectivity index (χ3v) is 11.9. The number of hydrogen-bond acceptors (Lipinski definition) is 9. The zero-order valence-corrected chi connectivity index (χ0v) is 31.0. The lowest BCUT2D eigenvalue weighted by Gasteiger charge is -2.44. The number of amides is 4. The molecule has 4 heterocycles. The highest BCUT2D eigenvalue weighted by Crippen LogP contribution is 2.60. The molecule has 4 aromatic rings. The van der Waals surface area contributed by atoms with Gasteiger partial charge in [0.05, 0.1) is 33.7 Å². The summed E-state index contributed by atoms with van der Waals surface area (Å²) in [6, 6.07) is 13.2. The van der Waals surface area contributed by atoms with Crippen LogP contribution < -0.4 is 10.0 Å². The van der Waals surface area contributed by atoms with E-state index in [9.17, 15) is 50.6 Å². The van der Waals surface area contributed by atoms with E-state index in [2.05, 4.69) is 9.97 Å². The maximum absolute atomic E-state index is 14.7. The lowest BCUT2D eigenvalue weighted by molar-refractivity contribution is -0.143. The number of phenols is 1. The number of halogens is 8. The summed E-state index contributed by atoms with van der Waals surface area (Å²) in [6.45, 7) is 0. The SMILES string of the molecule is CN(c1nc(C(F)(F)F)ccc1Cl)N1C(=O)C2CC=C3C(CC4C(=O)N(N(C)c5nc(C(F)(F)F)ccc5Cl)C(=O)C4C3c3c(O)ccc4ccccc34)C2C1=O. The van der Waals surface area contributed by atoms with Crippen molar-refractivity contribution >= 4 is 69.2 Å². The number of hydrazine groups is 2. The van der Waals surface area contributed by atoms with Crippen molar-refractivity contribution in [2.75, 3.05) is 24.1 Å². The van der Waals surface area contributed by atoms with Gasteiger partial charge >= 0.3 is 12.4 Å². The molecule has 3 fully saturated rings. The normalized spacial score (nSPS) is 24.8. The third kappa shape index (κ3) is 5.96. The number of aromatic nitrogens is 2. The Morgan fingerprint density at radius 2 is 1.21 bits per heavy atom. The highest BCUT2D eigenvalue weighted by Gasteiger charge is 2.64. The Morgan fingerprint density at radius 1 is 0.684 bits per heavy atom. The predicted molar refractivity (Wildman–Crippen MR) is 192 cm³/mol. The Kier molecular flexibility index (Phi) is 8.99. The third-order valence-electron chi connectivity index (χ3n) is 11.3. The number of allylic oxidation sites excluding steroid dienone is 2. The number of rotatable bonds is 5. The molecule has 0 spiro atoms. The van der Waals surface area contributed by atoms with Gasteiger partial charge in [-0.05, 0) is 59.9 Å². The van der Waals surface area contributed by atoms with E-state index in [0.717, 1.165) is 29.2 Å². The van der Waals surface area contributed by atoms with Crippen LogP contribution in [0.5, 0.6) is 5.75 Å². The molecule has 4 aliphatic rings. The van der Waals surface area contributed by atoms with Crippen molar-refractivity contribution in [2.24, 2.45) is 29.6 Å². The van der Waals surface area contributed by atoms with Crippen LogP contribution in [0.25, 0.3) is 10.8 Å². The van der Waals surface area contributed by atoms with Gasteiger partial charge in [0.25, 0.3) is 23.6 Å². The van der Waals surface area contributed by atoms with Crippen LogP contribution in [0.2, 0.25) is 10.0 Å². The second-order valence-electron chi connectivity index (χ2n) is 14.3. The fourth-order valence-electron chi connectivity index (χ4n) is 8.90. The van der Waals surface area contributed by atoms with Crippen LogP contribution in [0, 0.1) is 29.6 Å². The van der Waals surface area contributed by atoms with Crippen molar-refractivity contribution in [3.8, 4) is 5.75 Å². The summed E-state index contributed by atoms with van der Waals surface area (Å²) in [5.41, 5.74) is -1.92. The zero-order chi connectivity index (χ0) is 41.0. The Bertz CT molecular complexity index is 2450. The summed E-state index contributed by atoms with van der Waals surface area (Å²) in [5, 5.41) is 15.2. The van der Waals surface area contributed by atoms with Crippen molar-refractivity contribution in [1.29, 1.82) is 0 Å². The number of carbonyl (C=O) groups excluding carboxylic acids is 4. The molecule has 6 atom stereocenters. The summed E-state index contributed by atoms with van der Waals surface area (Å²) in [6.07, 6.45) is -8.31. The van der Waals surface area contributed by atoms with Gasteiger partial charge in [-0.1, -0.05) is 65.2 Å². The van der Waals surface area contributed by atoms with Crippen LogP contribution in [0.4, 0.5) is 38.0 Å². The number of benzene rings is 2. The van der Waals surface area contributed by atoms with Gasteiger partial charge in [0.1, 0.15) is 17.1 Å². The first-order valence-corrected chi connectivity index (χ1v) is 18.2. The van der Waals surface area contributed by atoms with Crippen LogP contribution in [0.1, 0.15) is 35.7 Å². The van der Waals surface area contributed by atoms with Gasteiger partial charge in [-0.25, -0.2) is 9.97 Å². The fourth-order valence-corrected chi connectivity index (χ4v) is 9.36. The fraction of sp³-hybridized carbons (Fsp3) is 0.316. The summed E-state index contributed by atoms with van der Waals surface area (Å²) < 4.78 is 82.1. The summed E-state index contributed by atoms with van der Waals surface area (Å²) in [4.78, 5) is 64.9. The van der Waals surface area contributed by atoms with E-state index < -0.39 is 94.5 Å². The van der Waals surface area contributed by atoms with Gasteiger partial charge in [0, 0.05) is 25.6 Å². The standard InChI is InChI=1S/C38H28Cl2F6N6O5/c1-49(31-22(39)10-13-25(47-31)37(41,42)43)51-33(54)19-9-8-18-20(27(19)35(51)56)15-21-30(29(18)28-17-6-4-3-5-16(17)7-12-24(28)53)36(57)52(34(21)55)50(2)32-23(40)11-14-26(48-32)38(44,45)46/h3-8,10-14,19-21,27,29-30,53H,9,15H2,1-2H3. The van der Waals surface area contributed by atoms with E-state index in [1.54, 1.807) is 36.4 Å². The molecule has 1 saturated carbocycles. The van der Waals surface area contributed by atoms with Crippen molar-refractivity contribution < 1.29 is 50.6 Å². The summed E-state index contributed by atoms with van der Waals surface area (Å²) >= 11 is 12.5. The van der Waals surface area contributed by atoms with Gasteiger partial charge < -0.3 is 5.11 Å². The molecule has 296 valence electrons. The summed E-state index contributed by atoms with van der Waals surface area (Å²) in [7, 11) is 2.33. The predicted octanol–water partition coefficient (Wildman–Crippen LogP) is 7.42. The lowest BCUT2D eigenvalue weighted by atomic mass is 9.56. The molecular weight excluding hydrogens is 805 g/mol. The van der Waals surface area contributed by atoms with E-state index in [1.165, 1.54) is 13.1 Å². The number of carbonyl (C=O) groups is 4. The van der Waals surface area contributed by atoms with Crippen LogP contribution in [-0.2, 0) is 31.5 Å². The first-order valence-electron chi connectivity index (χ1n) is 17.4. The number of hydrogen-bond donors (Lipinski definition) is 1. The van der Waals surface area contributed by atoms with Crippen LogP contribution in [0.15, 0.2) is 72.3 Å². The Labute approximate surface area is 329 Å². The molecular formula is C38H28Cl2F6N6O5. The second-order valence-corrected chi connectivity index (χ2v) is 15.1. The highest BCUT2D eigenvalue weighted by molar-refractivity contribution is 6.33. The Morgan fingerprint density at radius 3 is 1.77 bits per heavy atom. The van der Waals surface area contributed by atoms with E-state index in [1.807, 2.05) is 0 Å². The molecule has 2 aliphatic carbocycles. The van der Waals surface area contributed by atoms with E-state index in [4.69, 9.17) is 23.2 Å². The van der Waals surface area contributed by atoms with Gasteiger partial charge in [-0.15, -0.1) is 0 Å². The van der Waals surface area contributed by atoms with Crippen molar-refractivity contribution in [2.45, 2.75) is 31.1 Å². The van der Waals surface area contributed by atoms with Gasteiger partial charge in [0.2, 0.25) is 0 Å². The lowest BCUT2D eigenvalue weighted by Crippen LogP contribution is -2.46. The molecule has 11 nitrogen and oxygen atoms in total. The monoisotopic (exact) mass is 832 g/mol. The van der Waals surface area contributed by atoms with E-state index in [0.29, 0.717) is 38.5 Å². The van der Waals surface area contributed by atoms with Crippen LogP contribution in [-0.4, -0.2) is 62.8 Å². The Balaban J connectivity index is 1.24. The molecule has 2 saturated heterocycles. The molecule has 2 aromatic heterocycles. The van der Waals surface area contributed by atoms with Gasteiger partial charge in [0.15, 0.2) is 11.6 Å². The summed E-state index contributed by atoms with van der Waals surface area (Å²) in [5.74, 6) is -11.3. The molecule has 6 unspecified atom stereocenters. The van der Waals surface area contributed by atoms with Gasteiger partial charge in [-0.3, -0.25) is 29.2 Å². The quantitative estimate of drug-likeness (QED) is 0.124. The number of aromatic hydroxyl groups is 1. The molecule has 4 amide bonds. The van der Waals surface area contributed by atoms with Crippen molar-refractivity contribution in [3.63, 3.8) is 0 Å². The number of imide groups is 2. The number of fused-ring (bicyclic) bond motifs is 5. The minimum Gasteiger partial charge on any atom is -0.508 e. The molecule has 2 aliphatic heterocycles.